The van der Waals surface area contributed by atoms with Crippen LogP contribution in [-0.2, 0) is 14.3 Å². The third-order valence-electron chi connectivity index (χ3n) is 7.82. The fourth-order valence-electron chi connectivity index (χ4n) is 6.74. The van der Waals surface area contributed by atoms with Gasteiger partial charge in [-0.1, -0.05) is 45.0 Å². The first-order chi connectivity index (χ1) is 11.0. The Bertz CT molecular complexity index is 579. The molecule has 4 nitrogen and oxygen atoms in total. The van der Waals surface area contributed by atoms with Crippen molar-refractivity contribution >= 4 is 19.9 Å². The van der Waals surface area contributed by atoms with E-state index in [0.29, 0.717) is 6.54 Å². The Labute approximate surface area is 139 Å². The van der Waals surface area contributed by atoms with Gasteiger partial charge in [0, 0.05) is 17.5 Å². The average molecular weight is 334 g/mol. The monoisotopic (exact) mass is 333 g/mol. The molecule has 2 saturated carbocycles. The number of rotatable bonds is 6. The number of carbonyl (C=O) groups is 2. The molecule has 2 heterocycles. The zero-order valence-electron chi connectivity index (χ0n) is 14.4. The van der Waals surface area contributed by atoms with Gasteiger partial charge in [0.15, 0.2) is 0 Å². The molecule has 5 heteroatoms. The minimum absolute atomic E-state index is 0.00785. The van der Waals surface area contributed by atoms with Crippen LogP contribution in [0.2, 0.25) is 23.2 Å². The number of carbonyl (C=O) groups excluding carboxylic acids is 2. The van der Waals surface area contributed by atoms with Crippen LogP contribution in [0.3, 0.4) is 0 Å². The number of nitrogens with zero attached hydrogens (tertiary/aromatic N) is 1. The highest BCUT2D eigenvalue weighted by atomic mass is 28.3. The lowest BCUT2D eigenvalue weighted by Gasteiger charge is -2.48. The second kappa shape index (κ2) is 4.79. The standard InChI is InChI=1S/C18H27NO3Si/c1-5-9-19-16(20)12-11-10-18(13(12)17(19)21,15-14(11)22-15)23(6-2,7-3)8-4/h5,11-15H,1,6-10H2,2-4H3. The summed E-state index contributed by atoms with van der Waals surface area (Å²) in [5.74, 6) is 0.196. The molecule has 0 aromatic rings. The maximum absolute atomic E-state index is 13.2. The topological polar surface area (TPSA) is 49.9 Å². The summed E-state index contributed by atoms with van der Waals surface area (Å²) < 4.78 is 6.07. The lowest BCUT2D eigenvalue weighted by Crippen LogP contribution is -2.54. The van der Waals surface area contributed by atoms with Gasteiger partial charge < -0.3 is 4.74 Å². The summed E-state index contributed by atoms with van der Waals surface area (Å²) >= 11 is 0. The van der Waals surface area contributed by atoms with E-state index < -0.39 is 8.07 Å². The van der Waals surface area contributed by atoms with Crippen LogP contribution >= 0.6 is 0 Å². The molecule has 2 saturated heterocycles. The van der Waals surface area contributed by atoms with E-state index in [2.05, 4.69) is 27.4 Å². The molecule has 4 aliphatic rings. The van der Waals surface area contributed by atoms with Crippen molar-refractivity contribution in [2.45, 2.75) is 62.6 Å². The van der Waals surface area contributed by atoms with E-state index in [1.165, 1.54) is 23.0 Å². The third-order valence-corrected chi connectivity index (χ3v) is 14.7. The highest BCUT2D eigenvalue weighted by Gasteiger charge is 2.84. The summed E-state index contributed by atoms with van der Waals surface area (Å²) in [6.45, 7) is 11.0. The summed E-state index contributed by atoms with van der Waals surface area (Å²) in [5, 5.41) is 0.00785. The van der Waals surface area contributed by atoms with Gasteiger partial charge in [-0.25, -0.2) is 0 Å². The molecule has 4 rings (SSSR count). The number of hydrogen-bond acceptors (Lipinski definition) is 3. The van der Waals surface area contributed by atoms with Crippen LogP contribution in [0.15, 0.2) is 12.7 Å². The van der Waals surface area contributed by atoms with Gasteiger partial charge in [0.2, 0.25) is 11.8 Å². The Morgan fingerprint density at radius 2 is 1.91 bits per heavy atom. The molecule has 2 aliphatic carbocycles. The molecule has 6 unspecified atom stereocenters. The molecule has 2 aliphatic heterocycles. The Balaban J connectivity index is 1.83. The largest absolute Gasteiger partial charge is 0.369 e. The van der Waals surface area contributed by atoms with E-state index in [-0.39, 0.29) is 46.8 Å². The van der Waals surface area contributed by atoms with E-state index in [4.69, 9.17) is 4.74 Å². The fraction of sp³-hybridized carbons (Fsp3) is 0.778. The van der Waals surface area contributed by atoms with E-state index in [0.717, 1.165) is 6.42 Å². The van der Waals surface area contributed by atoms with Crippen LogP contribution in [0.25, 0.3) is 0 Å². The quantitative estimate of drug-likeness (QED) is 0.325. The zero-order chi connectivity index (χ0) is 16.6. The first-order valence-corrected chi connectivity index (χ1v) is 11.8. The SMILES string of the molecule is C=CCN1C(=O)C2C3CC([Si](CC)(CC)CC)(C4OC34)C2C1=O. The number of fused-ring (bicyclic) bond motifs is 8. The average Bonchev–Trinajstić information content (AvgIpc) is 3.15. The highest BCUT2D eigenvalue weighted by Crippen LogP contribution is 2.79. The highest BCUT2D eigenvalue weighted by molar-refractivity contribution is 6.83. The molecule has 0 aromatic heterocycles. The molecular formula is C18H27NO3Si. The van der Waals surface area contributed by atoms with Crippen molar-refractivity contribution in [1.29, 1.82) is 0 Å². The van der Waals surface area contributed by atoms with Crippen molar-refractivity contribution in [1.82, 2.24) is 4.90 Å². The van der Waals surface area contributed by atoms with Crippen LogP contribution in [0.5, 0.6) is 0 Å². The molecule has 0 aromatic carbocycles. The second-order valence-corrected chi connectivity index (χ2v) is 13.5. The van der Waals surface area contributed by atoms with Crippen molar-refractivity contribution in [3.8, 4) is 0 Å². The smallest absolute Gasteiger partial charge is 0.233 e. The van der Waals surface area contributed by atoms with Gasteiger partial charge >= 0.3 is 0 Å². The number of amides is 2. The Morgan fingerprint density at radius 3 is 2.48 bits per heavy atom. The molecule has 2 bridgehead atoms. The van der Waals surface area contributed by atoms with Crippen LogP contribution in [-0.4, -0.2) is 43.5 Å². The number of ether oxygens (including phenoxy) is 1. The molecule has 126 valence electrons. The van der Waals surface area contributed by atoms with Gasteiger partial charge in [-0.3, -0.25) is 14.5 Å². The summed E-state index contributed by atoms with van der Waals surface area (Å²) in [6.07, 6.45) is 3.26. The number of imide groups is 1. The maximum atomic E-state index is 13.2. The number of hydrogen-bond donors (Lipinski definition) is 0. The second-order valence-electron chi connectivity index (χ2n) is 7.85. The molecule has 0 N–H and O–H groups in total. The van der Waals surface area contributed by atoms with Gasteiger partial charge in [0.05, 0.1) is 32.1 Å². The molecule has 23 heavy (non-hydrogen) atoms. The lowest BCUT2D eigenvalue weighted by atomic mass is 9.80. The summed E-state index contributed by atoms with van der Waals surface area (Å²) in [7, 11) is -1.67. The Kier molecular flexibility index (Phi) is 3.24. The summed E-state index contributed by atoms with van der Waals surface area (Å²) in [5.41, 5.74) is 0. The molecule has 0 spiro atoms. The van der Waals surface area contributed by atoms with Gasteiger partial charge in [-0.15, -0.1) is 6.58 Å². The Morgan fingerprint density at radius 1 is 1.26 bits per heavy atom. The normalized spacial score (nSPS) is 43.8. The Hall–Kier alpha value is -0.943. The fourth-order valence-corrected chi connectivity index (χ4v) is 12.7. The lowest BCUT2D eigenvalue weighted by molar-refractivity contribution is -0.140. The van der Waals surface area contributed by atoms with E-state index >= 15 is 0 Å². The van der Waals surface area contributed by atoms with Crippen molar-refractivity contribution in [2.24, 2.45) is 17.8 Å². The van der Waals surface area contributed by atoms with Gasteiger partial charge in [-0.2, -0.15) is 0 Å². The molecule has 0 radical (unpaired) electrons. The third kappa shape index (κ3) is 1.51. The zero-order valence-corrected chi connectivity index (χ0v) is 15.4. The summed E-state index contributed by atoms with van der Waals surface area (Å²) in [6, 6.07) is 3.56. The van der Waals surface area contributed by atoms with E-state index in [9.17, 15) is 9.59 Å². The molecule has 2 amide bonds. The predicted octanol–water partition coefficient (Wildman–Crippen LogP) is 2.82. The number of epoxide rings is 1. The van der Waals surface area contributed by atoms with Gasteiger partial charge in [-0.05, 0) is 6.42 Å². The summed E-state index contributed by atoms with van der Waals surface area (Å²) in [4.78, 5) is 27.5. The van der Waals surface area contributed by atoms with Gasteiger partial charge in [0.25, 0.3) is 0 Å². The maximum Gasteiger partial charge on any atom is 0.233 e. The predicted molar refractivity (Wildman–Crippen MR) is 90.6 cm³/mol. The van der Waals surface area contributed by atoms with Gasteiger partial charge in [0.1, 0.15) is 0 Å². The minimum Gasteiger partial charge on any atom is -0.369 e. The molecular weight excluding hydrogens is 306 g/mol. The van der Waals surface area contributed by atoms with Crippen molar-refractivity contribution in [3.05, 3.63) is 12.7 Å². The van der Waals surface area contributed by atoms with E-state index in [1.54, 1.807) is 6.08 Å². The number of likely N-dealkylation sites (tertiary alicyclic amines) is 1. The van der Waals surface area contributed by atoms with Crippen LogP contribution < -0.4 is 0 Å². The van der Waals surface area contributed by atoms with Crippen molar-refractivity contribution in [3.63, 3.8) is 0 Å². The van der Waals surface area contributed by atoms with Crippen molar-refractivity contribution < 1.29 is 14.3 Å². The van der Waals surface area contributed by atoms with Crippen LogP contribution in [0, 0.1) is 17.8 Å². The molecule has 4 fully saturated rings. The van der Waals surface area contributed by atoms with E-state index in [1.807, 2.05) is 0 Å². The molecule has 6 atom stereocenters. The first-order valence-electron chi connectivity index (χ1n) is 9.14. The van der Waals surface area contributed by atoms with Crippen LogP contribution in [0.1, 0.15) is 27.2 Å². The first kappa shape index (κ1) is 15.6. The van der Waals surface area contributed by atoms with Crippen molar-refractivity contribution in [2.75, 3.05) is 6.54 Å². The van der Waals surface area contributed by atoms with Crippen LogP contribution in [0.4, 0.5) is 0 Å². The minimum atomic E-state index is -1.67.